The smallest absolute Gasteiger partial charge is 0.411 e. The quantitative estimate of drug-likeness (QED) is 0.694. The maximum Gasteiger partial charge on any atom is 0.411 e. The molecule has 0 saturated carbocycles. The van der Waals surface area contributed by atoms with Crippen LogP contribution in [0, 0.1) is 26.2 Å². The van der Waals surface area contributed by atoms with E-state index in [4.69, 9.17) is 15.9 Å². The monoisotopic (exact) mass is 390 g/mol. The topological polar surface area (TPSA) is 84.9 Å². The van der Waals surface area contributed by atoms with Crippen LogP contribution in [0.4, 0.5) is 9.59 Å². The molecule has 1 rings (SSSR count). The number of aryl methyl sites for hydroxylation is 2. The summed E-state index contributed by atoms with van der Waals surface area (Å²) in [6, 6.07) is 0. The molecule has 0 aliphatic heterocycles. The van der Waals surface area contributed by atoms with Gasteiger partial charge in [0, 0.05) is 13.6 Å². The lowest BCUT2D eigenvalue weighted by Crippen LogP contribution is -2.37. The number of terminal acetylenes is 1. The minimum atomic E-state index is -0.625. The molecule has 0 radical (unpaired) electrons. The minimum absolute atomic E-state index is 0.0310. The number of aromatic nitrogens is 2. The first-order chi connectivity index (χ1) is 13.0. The van der Waals surface area contributed by atoms with Crippen LogP contribution >= 0.6 is 0 Å². The summed E-state index contributed by atoms with van der Waals surface area (Å²) in [4.78, 5) is 36.1. The van der Waals surface area contributed by atoms with Crippen molar-refractivity contribution in [3.05, 3.63) is 22.8 Å². The van der Waals surface area contributed by atoms with E-state index >= 15 is 0 Å². The van der Waals surface area contributed by atoms with Crippen LogP contribution in [0.2, 0.25) is 0 Å². The van der Waals surface area contributed by atoms with E-state index in [1.54, 1.807) is 41.7 Å². The van der Waals surface area contributed by atoms with Gasteiger partial charge in [0.25, 0.3) is 0 Å². The van der Waals surface area contributed by atoms with E-state index in [1.165, 1.54) is 9.80 Å². The molecule has 0 atom stereocenters. The zero-order valence-corrected chi connectivity index (χ0v) is 17.8. The van der Waals surface area contributed by atoms with Crippen LogP contribution in [0.3, 0.4) is 0 Å². The Morgan fingerprint density at radius 3 is 2.21 bits per heavy atom. The molecule has 0 unspecified atom stereocenters. The lowest BCUT2D eigenvalue weighted by molar-refractivity contribution is 0.0257. The van der Waals surface area contributed by atoms with Crippen molar-refractivity contribution in [3.63, 3.8) is 0 Å². The summed E-state index contributed by atoms with van der Waals surface area (Å²) in [7, 11) is 1.66. The molecule has 0 fully saturated rings. The molecule has 0 aliphatic rings. The maximum atomic E-state index is 12.4. The van der Waals surface area contributed by atoms with Crippen molar-refractivity contribution >= 4 is 12.2 Å². The number of nitrogens with zero attached hydrogens (tertiary/aromatic N) is 4. The molecule has 0 aromatic carbocycles. The first kappa shape index (κ1) is 23.2. The van der Waals surface area contributed by atoms with Crippen molar-refractivity contribution in [2.75, 3.05) is 20.1 Å². The molecule has 0 bridgehead atoms. The third-order valence-corrected chi connectivity index (χ3v) is 3.83. The molecule has 1 heterocycles. The summed E-state index contributed by atoms with van der Waals surface area (Å²) in [5, 5.41) is 0. The van der Waals surface area contributed by atoms with Crippen molar-refractivity contribution in [2.45, 2.75) is 60.3 Å². The molecular formula is C20H30N4O4. The van der Waals surface area contributed by atoms with Crippen LogP contribution in [0.25, 0.3) is 0 Å². The van der Waals surface area contributed by atoms with Crippen molar-refractivity contribution in [3.8, 4) is 12.3 Å². The second-order valence-electron chi connectivity index (χ2n) is 7.40. The van der Waals surface area contributed by atoms with Gasteiger partial charge in [-0.15, -0.1) is 6.42 Å². The molecule has 0 aliphatic carbocycles. The standard InChI is InChI=1S/C20H30N4O4/c1-9-11-24(19(26)28-20(5,6)7)12-16-14(3)22-17(15(4)21-16)13-27-18(25)23(8)10-2/h1H,10-13H2,2-8H3. The molecule has 0 spiro atoms. The van der Waals surface area contributed by atoms with Gasteiger partial charge in [-0.2, -0.15) is 0 Å². The molecule has 1 aromatic heterocycles. The van der Waals surface area contributed by atoms with Crippen molar-refractivity contribution in [1.29, 1.82) is 0 Å². The molecule has 2 amide bonds. The van der Waals surface area contributed by atoms with Crippen LogP contribution in [-0.4, -0.2) is 57.7 Å². The van der Waals surface area contributed by atoms with Crippen molar-refractivity contribution in [1.82, 2.24) is 19.8 Å². The minimum Gasteiger partial charge on any atom is -0.444 e. The van der Waals surface area contributed by atoms with Crippen molar-refractivity contribution < 1.29 is 19.1 Å². The Hall–Kier alpha value is -2.82. The first-order valence-electron chi connectivity index (χ1n) is 9.10. The maximum absolute atomic E-state index is 12.4. The van der Waals surface area contributed by atoms with E-state index in [0.29, 0.717) is 29.3 Å². The van der Waals surface area contributed by atoms with Crippen LogP contribution in [0.1, 0.15) is 50.5 Å². The van der Waals surface area contributed by atoms with E-state index in [-0.39, 0.29) is 19.7 Å². The Morgan fingerprint density at radius 1 is 1.11 bits per heavy atom. The van der Waals surface area contributed by atoms with Gasteiger partial charge in [0.1, 0.15) is 12.2 Å². The average Bonchev–Trinajstić information content (AvgIpc) is 2.60. The van der Waals surface area contributed by atoms with E-state index in [9.17, 15) is 9.59 Å². The SMILES string of the molecule is C#CCN(Cc1nc(C)c(COC(=O)N(C)CC)nc1C)C(=O)OC(C)(C)C. The summed E-state index contributed by atoms with van der Waals surface area (Å²) in [6.45, 7) is 11.7. The molecule has 8 heteroatoms. The third kappa shape index (κ3) is 7.06. The summed E-state index contributed by atoms with van der Waals surface area (Å²) in [6.07, 6.45) is 4.46. The van der Waals surface area contributed by atoms with Gasteiger partial charge in [-0.3, -0.25) is 14.9 Å². The fourth-order valence-corrected chi connectivity index (χ4v) is 2.15. The highest BCUT2D eigenvalue weighted by molar-refractivity contribution is 5.68. The first-order valence-corrected chi connectivity index (χ1v) is 9.10. The number of amides is 2. The van der Waals surface area contributed by atoms with Gasteiger partial charge in [0.2, 0.25) is 0 Å². The lowest BCUT2D eigenvalue weighted by Gasteiger charge is -2.26. The molecule has 28 heavy (non-hydrogen) atoms. The summed E-state index contributed by atoms with van der Waals surface area (Å²) in [5.41, 5.74) is 1.81. The second kappa shape index (κ2) is 9.93. The normalized spacial score (nSPS) is 10.8. The van der Waals surface area contributed by atoms with E-state index in [1.807, 2.05) is 6.92 Å². The van der Waals surface area contributed by atoms with Gasteiger partial charge in [-0.25, -0.2) is 9.59 Å². The molecule has 0 N–H and O–H groups in total. The zero-order chi connectivity index (χ0) is 21.5. The van der Waals surface area contributed by atoms with E-state index in [0.717, 1.165) is 0 Å². The summed E-state index contributed by atoms with van der Waals surface area (Å²) >= 11 is 0. The van der Waals surface area contributed by atoms with Crippen LogP contribution in [-0.2, 0) is 22.6 Å². The van der Waals surface area contributed by atoms with E-state index in [2.05, 4.69) is 15.9 Å². The van der Waals surface area contributed by atoms with Gasteiger partial charge in [-0.1, -0.05) is 5.92 Å². The summed E-state index contributed by atoms with van der Waals surface area (Å²) < 4.78 is 10.6. The molecular weight excluding hydrogens is 360 g/mol. The molecule has 1 aromatic rings. The average molecular weight is 390 g/mol. The van der Waals surface area contributed by atoms with Crippen LogP contribution in [0.5, 0.6) is 0 Å². The third-order valence-electron chi connectivity index (χ3n) is 3.83. The van der Waals surface area contributed by atoms with Crippen LogP contribution in [0.15, 0.2) is 0 Å². The molecule has 0 saturated heterocycles. The molecule has 8 nitrogen and oxygen atoms in total. The second-order valence-corrected chi connectivity index (χ2v) is 7.40. The highest BCUT2D eigenvalue weighted by Gasteiger charge is 2.23. The largest absolute Gasteiger partial charge is 0.444 e. The zero-order valence-electron chi connectivity index (χ0n) is 17.8. The lowest BCUT2D eigenvalue weighted by atomic mass is 10.2. The highest BCUT2D eigenvalue weighted by Crippen LogP contribution is 2.15. The van der Waals surface area contributed by atoms with Crippen LogP contribution < -0.4 is 0 Å². The Balaban J connectivity index is 2.94. The number of rotatable bonds is 6. The fourth-order valence-electron chi connectivity index (χ4n) is 2.15. The molecule has 154 valence electrons. The van der Waals surface area contributed by atoms with E-state index < -0.39 is 17.8 Å². The number of ether oxygens (including phenoxy) is 2. The van der Waals surface area contributed by atoms with Gasteiger partial charge in [-0.05, 0) is 41.5 Å². The highest BCUT2D eigenvalue weighted by atomic mass is 16.6. The predicted octanol–water partition coefficient (Wildman–Crippen LogP) is 3.05. The number of carbonyl (C=O) groups is 2. The Bertz CT molecular complexity index is 750. The predicted molar refractivity (Wildman–Crippen MR) is 105 cm³/mol. The Morgan fingerprint density at radius 2 is 1.68 bits per heavy atom. The van der Waals surface area contributed by atoms with Crippen molar-refractivity contribution in [2.24, 2.45) is 0 Å². The fraction of sp³-hybridized carbons (Fsp3) is 0.600. The number of carbonyl (C=O) groups excluding carboxylic acids is 2. The number of hydrogen-bond donors (Lipinski definition) is 0. The van der Waals surface area contributed by atoms with Gasteiger partial charge < -0.3 is 14.4 Å². The van der Waals surface area contributed by atoms with Gasteiger partial charge in [0.05, 0.1) is 35.9 Å². The van der Waals surface area contributed by atoms with Gasteiger partial charge in [0.15, 0.2) is 0 Å². The van der Waals surface area contributed by atoms with Gasteiger partial charge >= 0.3 is 12.2 Å². The Labute approximate surface area is 167 Å². The summed E-state index contributed by atoms with van der Waals surface area (Å²) in [5.74, 6) is 2.46. The number of hydrogen-bond acceptors (Lipinski definition) is 6. The Kier molecular flexibility index (Phi) is 8.23.